The third kappa shape index (κ3) is 4.91. The molecule has 1 aliphatic heterocycles. The van der Waals surface area contributed by atoms with Crippen LogP contribution in [0.5, 0.6) is 0 Å². The summed E-state index contributed by atoms with van der Waals surface area (Å²) < 4.78 is 2.13. The van der Waals surface area contributed by atoms with Gasteiger partial charge in [-0.2, -0.15) is 0 Å². The van der Waals surface area contributed by atoms with Crippen LogP contribution < -0.4 is 5.32 Å². The lowest BCUT2D eigenvalue weighted by Gasteiger charge is -2.43. The monoisotopic (exact) mass is 440 g/mol. The zero-order valence-electron chi connectivity index (χ0n) is 12.4. The summed E-state index contributed by atoms with van der Waals surface area (Å²) in [6.07, 6.45) is 0. The van der Waals surface area contributed by atoms with Crippen molar-refractivity contribution in [2.45, 2.75) is 19.9 Å². The lowest BCUT2D eigenvalue weighted by atomic mass is 9.80. The number of nitrogens with zero attached hydrogens (tertiary/aromatic N) is 1. The molecule has 2 rings (SSSR count). The molecule has 0 amide bonds. The topological polar surface area (TPSA) is 35.5 Å². The molecule has 0 bridgehead atoms. The Morgan fingerprint density at radius 2 is 1.71 bits per heavy atom. The Hall–Kier alpha value is 0.350. The predicted octanol–water partition coefficient (Wildman–Crippen LogP) is 3.60. The number of benzene rings is 1. The van der Waals surface area contributed by atoms with Crippen molar-refractivity contribution >= 4 is 44.3 Å². The Bertz CT molecular complexity index is 445. The Morgan fingerprint density at radius 1 is 1.19 bits per heavy atom. The second-order valence-electron chi connectivity index (χ2n) is 6.04. The molecular formula is C15H23Br2ClN2O. The summed E-state index contributed by atoms with van der Waals surface area (Å²) in [6.45, 7) is 8.48. The van der Waals surface area contributed by atoms with Crippen molar-refractivity contribution in [1.82, 2.24) is 10.2 Å². The van der Waals surface area contributed by atoms with Crippen molar-refractivity contribution < 1.29 is 5.11 Å². The number of piperazine rings is 1. The summed E-state index contributed by atoms with van der Waals surface area (Å²) in [5.41, 5.74) is 1.06. The molecule has 1 heterocycles. The van der Waals surface area contributed by atoms with Gasteiger partial charge >= 0.3 is 0 Å². The summed E-state index contributed by atoms with van der Waals surface area (Å²) in [4.78, 5) is 2.47. The van der Waals surface area contributed by atoms with Crippen molar-refractivity contribution in [1.29, 1.82) is 0 Å². The molecule has 120 valence electrons. The van der Waals surface area contributed by atoms with Crippen LogP contribution in [0.3, 0.4) is 0 Å². The molecule has 0 aromatic heterocycles. The average molecular weight is 443 g/mol. The van der Waals surface area contributed by atoms with Gasteiger partial charge in [-0.1, -0.05) is 45.7 Å². The lowest BCUT2D eigenvalue weighted by Crippen LogP contribution is -2.49. The highest BCUT2D eigenvalue weighted by molar-refractivity contribution is 9.11. The molecule has 3 nitrogen and oxygen atoms in total. The van der Waals surface area contributed by atoms with E-state index in [0.29, 0.717) is 0 Å². The normalized spacial score (nSPS) is 18.1. The Kier molecular flexibility index (Phi) is 7.64. The smallest absolute Gasteiger partial charge is 0.0500 e. The molecule has 1 atom stereocenters. The summed E-state index contributed by atoms with van der Waals surface area (Å²) in [7, 11) is 0. The summed E-state index contributed by atoms with van der Waals surface area (Å²) >= 11 is 7.14. The second kappa shape index (κ2) is 8.27. The van der Waals surface area contributed by atoms with Crippen LogP contribution in [0.1, 0.15) is 25.5 Å². The molecule has 0 aliphatic carbocycles. The SMILES string of the molecule is CC(C)(CO)[C@@H](c1cc(Br)cc(Br)c1)N1CCNCC1.Cl. The zero-order chi connectivity index (χ0) is 14.8. The molecule has 1 fully saturated rings. The minimum absolute atomic E-state index is 0. The largest absolute Gasteiger partial charge is 0.396 e. The van der Waals surface area contributed by atoms with E-state index >= 15 is 0 Å². The summed E-state index contributed by atoms with van der Waals surface area (Å²) in [5, 5.41) is 13.2. The fraction of sp³-hybridized carbons (Fsp3) is 0.600. The Morgan fingerprint density at radius 3 is 2.19 bits per heavy atom. The standard InChI is InChI=1S/C15H22Br2N2O.ClH/c1-15(2,10-20)14(19-5-3-18-4-6-19)11-7-12(16)9-13(17)8-11;/h7-9,14,18,20H,3-6,10H2,1-2H3;1H/t14-;/m1./s1. The second-order valence-corrected chi connectivity index (χ2v) is 7.87. The van der Waals surface area contributed by atoms with Gasteiger partial charge < -0.3 is 10.4 Å². The van der Waals surface area contributed by atoms with Gasteiger partial charge in [-0.25, -0.2) is 0 Å². The highest BCUT2D eigenvalue weighted by Crippen LogP contribution is 2.40. The van der Waals surface area contributed by atoms with Crippen LogP contribution in [-0.4, -0.2) is 42.8 Å². The van der Waals surface area contributed by atoms with Gasteiger partial charge in [0.1, 0.15) is 0 Å². The Balaban J connectivity index is 0.00000220. The Labute approximate surface area is 150 Å². The number of halogens is 3. The van der Waals surface area contributed by atoms with Crippen LogP contribution in [-0.2, 0) is 0 Å². The maximum Gasteiger partial charge on any atom is 0.0500 e. The van der Waals surface area contributed by atoms with Crippen molar-refractivity contribution in [3.63, 3.8) is 0 Å². The van der Waals surface area contributed by atoms with E-state index in [2.05, 4.69) is 68.1 Å². The van der Waals surface area contributed by atoms with Gasteiger partial charge in [0.05, 0.1) is 0 Å². The van der Waals surface area contributed by atoms with Crippen molar-refractivity contribution in [3.8, 4) is 0 Å². The number of rotatable bonds is 4. The molecular weight excluding hydrogens is 419 g/mol. The quantitative estimate of drug-likeness (QED) is 0.748. The van der Waals surface area contributed by atoms with Gasteiger partial charge in [0.15, 0.2) is 0 Å². The highest BCUT2D eigenvalue weighted by atomic mass is 79.9. The van der Waals surface area contributed by atoms with E-state index in [9.17, 15) is 5.11 Å². The number of aliphatic hydroxyl groups excluding tert-OH is 1. The maximum atomic E-state index is 9.83. The van der Waals surface area contributed by atoms with E-state index in [-0.39, 0.29) is 30.5 Å². The van der Waals surface area contributed by atoms with Gasteiger partial charge in [-0.3, -0.25) is 4.90 Å². The van der Waals surface area contributed by atoms with Crippen molar-refractivity contribution in [2.75, 3.05) is 32.8 Å². The molecule has 1 aromatic carbocycles. The molecule has 2 N–H and O–H groups in total. The lowest BCUT2D eigenvalue weighted by molar-refractivity contribution is 0.0305. The van der Waals surface area contributed by atoms with Crippen LogP contribution in [0.2, 0.25) is 0 Å². The number of hydrogen-bond donors (Lipinski definition) is 2. The van der Waals surface area contributed by atoms with Crippen molar-refractivity contribution in [2.24, 2.45) is 5.41 Å². The molecule has 1 aliphatic rings. The first-order valence-electron chi connectivity index (χ1n) is 6.95. The van der Waals surface area contributed by atoms with Crippen LogP contribution in [0.4, 0.5) is 0 Å². The molecule has 1 saturated heterocycles. The first kappa shape index (κ1) is 19.4. The van der Waals surface area contributed by atoms with Crippen LogP contribution in [0.25, 0.3) is 0 Å². The van der Waals surface area contributed by atoms with E-state index in [4.69, 9.17) is 0 Å². The maximum absolute atomic E-state index is 9.83. The van der Waals surface area contributed by atoms with Gasteiger partial charge in [-0.15, -0.1) is 12.4 Å². The van der Waals surface area contributed by atoms with Crippen molar-refractivity contribution in [3.05, 3.63) is 32.7 Å². The molecule has 21 heavy (non-hydrogen) atoms. The van der Waals surface area contributed by atoms with Gasteiger partial charge in [0, 0.05) is 53.2 Å². The predicted molar refractivity (Wildman–Crippen MR) is 97.1 cm³/mol. The minimum atomic E-state index is -0.183. The number of nitrogens with one attached hydrogen (secondary N) is 1. The minimum Gasteiger partial charge on any atom is -0.396 e. The summed E-state index contributed by atoms with van der Waals surface area (Å²) in [5.74, 6) is 0. The van der Waals surface area contributed by atoms with Gasteiger partial charge in [-0.05, 0) is 23.8 Å². The van der Waals surface area contributed by atoms with E-state index in [1.165, 1.54) is 5.56 Å². The number of aliphatic hydroxyl groups is 1. The molecule has 0 saturated carbocycles. The molecule has 0 radical (unpaired) electrons. The van der Waals surface area contributed by atoms with E-state index < -0.39 is 0 Å². The number of hydrogen-bond acceptors (Lipinski definition) is 3. The first-order valence-corrected chi connectivity index (χ1v) is 8.54. The third-order valence-corrected chi connectivity index (χ3v) is 4.78. The molecule has 1 aromatic rings. The van der Waals surface area contributed by atoms with Crippen LogP contribution in [0.15, 0.2) is 27.1 Å². The van der Waals surface area contributed by atoms with Gasteiger partial charge in [0.2, 0.25) is 0 Å². The third-order valence-electron chi connectivity index (χ3n) is 3.87. The van der Waals surface area contributed by atoms with E-state index in [1.54, 1.807) is 0 Å². The fourth-order valence-corrected chi connectivity index (χ4v) is 4.25. The first-order chi connectivity index (χ1) is 9.44. The van der Waals surface area contributed by atoms with Gasteiger partial charge in [0.25, 0.3) is 0 Å². The fourth-order valence-electron chi connectivity index (χ4n) is 2.92. The highest BCUT2D eigenvalue weighted by Gasteiger charge is 2.35. The molecule has 6 heteroatoms. The van der Waals surface area contributed by atoms with Crippen LogP contribution in [0, 0.1) is 5.41 Å². The van der Waals surface area contributed by atoms with E-state index in [1.807, 2.05) is 6.07 Å². The molecule has 0 spiro atoms. The molecule has 0 unspecified atom stereocenters. The van der Waals surface area contributed by atoms with E-state index in [0.717, 1.165) is 35.1 Å². The summed E-state index contributed by atoms with van der Waals surface area (Å²) in [6, 6.07) is 6.58. The zero-order valence-corrected chi connectivity index (χ0v) is 16.4. The van der Waals surface area contributed by atoms with Crippen LogP contribution >= 0.6 is 44.3 Å². The average Bonchev–Trinajstić information content (AvgIpc) is 2.39.